The number of benzene rings is 1. The molecule has 1 aliphatic heterocycles. The molecule has 0 aromatic heterocycles. The van der Waals surface area contributed by atoms with Gasteiger partial charge in [-0.25, -0.2) is 4.39 Å². The van der Waals surface area contributed by atoms with Crippen molar-refractivity contribution in [2.75, 3.05) is 6.54 Å². The molecule has 0 spiro atoms. The highest BCUT2D eigenvalue weighted by Crippen LogP contribution is 2.26. The fourth-order valence-electron chi connectivity index (χ4n) is 1.34. The van der Waals surface area contributed by atoms with E-state index in [2.05, 4.69) is 21.2 Å². The van der Waals surface area contributed by atoms with Crippen molar-refractivity contribution in [1.29, 1.82) is 0 Å². The van der Waals surface area contributed by atoms with Gasteiger partial charge in [-0.15, -0.1) is 0 Å². The lowest BCUT2D eigenvalue weighted by molar-refractivity contribution is 0.370. The maximum absolute atomic E-state index is 13.3. The minimum absolute atomic E-state index is 0.124. The molecule has 1 saturated heterocycles. The van der Waals surface area contributed by atoms with Crippen LogP contribution in [0.5, 0.6) is 0 Å². The van der Waals surface area contributed by atoms with Gasteiger partial charge in [0.1, 0.15) is 5.82 Å². The Hall–Kier alpha value is -0.410. The van der Waals surface area contributed by atoms with Crippen LogP contribution in [-0.4, -0.2) is 6.54 Å². The van der Waals surface area contributed by atoms with E-state index in [0.717, 1.165) is 23.0 Å². The smallest absolute Gasteiger partial charge is 0.129 e. The van der Waals surface area contributed by atoms with Crippen LogP contribution in [0.25, 0.3) is 0 Å². The molecule has 1 aromatic rings. The molecule has 0 unspecified atom stereocenters. The van der Waals surface area contributed by atoms with E-state index >= 15 is 0 Å². The van der Waals surface area contributed by atoms with Gasteiger partial charge in [-0.3, -0.25) is 0 Å². The van der Waals surface area contributed by atoms with Crippen molar-refractivity contribution in [1.82, 2.24) is 5.32 Å². The normalized spacial score (nSPS) is 22.0. The minimum atomic E-state index is -0.124. The highest BCUT2D eigenvalue weighted by molar-refractivity contribution is 9.10. The first-order chi connectivity index (χ1) is 5.77. The highest BCUT2D eigenvalue weighted by Gasteiger charge is 2.21. The van der Waals surface area contributed by atoms with Crippen molar-refractivity contribution >= 4 is 15.9 Å². The van der Waals surface area contributed by atoms with E-state index in [-0.39, 0.29) is 11.9 Å². The summed E-state index contributed by atoms with van der Waals surface area (Å²) in [5.74, 6) is -0.124. The van der Waals surface area contributed by atoms with Crippen molar-refractivity contribution in [3.8, 4) is 0 Å². The molecule has 1 aliphatic rings. The second-order valence-corrected chi connectivity index (χ2v) is 3.88. The second-order valence-electron chi connectivity index (χ2n) is 2.96. The lowest BCUT2D eigenvalue weighted by Gasteiger charge is -2.28. The van der Waals surface area contributed by atoms with Gasteiger partial charge in [0.05, 0.1) is 0 Å². The lowest BCUT2D eigenvalue weighted by atomic mass is 9.98. The summed E-state index contributed by atoms with van der Waals surface area (Å²) in [6.07, 6.45) is 1.04. The van der Waals surface area contributed by atoms with Gasteiger partial charge in [-0.05, 0) is 25.1 Å². The first-order valence-electron chi connectivity index (χ1n) is 3.96. The number of hydrogen-bond acceptors (Lipinski definition) is 1. The van der Waals surface area contributed by atoms with E-state index < -0.39 is 0 Å². The van der Waals surface area contributed by atoms with Gasteiger partial charge in [0.2, 0.25) is 0 Å². The summed E-state index contributed by atoms with van der Waals surface area (Å²) in [5, 5.41) is 3.17. The molecule has 0 bridgehead atoms. The summed E-state index contributed by atoms with van der Waals surface area (Å²) >= 11 is 3.22. The number of nitrogens with one attached hydrogen (secondary N) is 1. The van der Waals surface area contributed by atoms with Crippen LogP contribution in [0.3, 0.4) is 0 Å². The van der Waals surface area contributed by atoms with Crippen molar-refractivity contribution in [2.24, 2.45) is 0 Å². The Morgan fingerprint density at radius 2 is 2.25 bits per heavy atom. The third-order valence-corrected chi connectivity index (χ3v) is 2.65. The SMILES string of the molecule is Fc1cc(Br)ccc1[C@@H]1CCN1. The predicted octanol–water partition coefficient (Wildman–Crippen LogP) is 2.62. The van der Waals surface area contributed by atoms with Gasteiger partial charge in [0.15, 0.2) is 0 Å². The van der Waals surface area contributed by atoms with Crippen molar-refractivity contribution < 1.29 is 4.39 Å². The number of halogens is 2. The fraction of sp³-hybridized carbons (Fsp3) is 0.333. The van der Waals surface area contributed by atoms with Crippen LogP contribution >= 0.6 is 15.9 Å². The van der Waals surface area contributed by atoms with E-state index in [1.165, 1.54) is 6.07 Å². The number of hydrogen-bond donors (Lipinski definition) is 1. The fourth-order valence-corrected chi connectivity index (χ4v) is 1.67. The summed E-state index contributed by atoms with van der Waals surface area (Å²) in [5.41, 5.74) is 0.782. The predicted molar refractivity (Wildman–Crippen MR) is 49.5 cm³/mol. The van der Waals surface area contributed by atoms with Crippen molar-refractivity contribution in [3.05, 3.63) is 34.1 Å². The number of rotatable bonds is 1. The molecule has 12 heavy (non-hydrogen) atoms. The molecule has 3 heteroatoms. The molecule has 0 radical (unpaired) electrons. The molecule has 0 aliphatic carbocycles. The summed E-state index contributed by atoms with van der Waals surface area (Å²) in [7, 11) is 0. The summed E-state index contributed by atoms with van der Waals surface area (Å²) in [6, 6.07) is 5.45. The Bertz CT molecular complexity index is 297. The minimum Gasteiger partial charge on any atom is -0.310 e. The summed E-state index contributed by atoms with van der Waals surface area (Å²) in [6.45, 7) is 1.00. The zero-order valence-corrected chi connectivity index (χ0v) is 8.07. The summed E-state index contributed by atoms with van der Waals surface area (Å²) < 4.78 is 14.0. The summed E-state index contributed by atoms with van der Waals surface area (Å²) in [4.78, 5) is 0. The third kappa shape index (κ3) is 1.39. The molecule has 0 amide bonds. The second kappa shape index (κ2) is 3.15. The van der Waals surface area contributed by atoms with Gasteiger partial charge in [0, 0.05) is 16.1 Å². The van der Waals surface area contributed by atoms with E-state index in [1.807, 2.05) is 12.1 Å². The van der Waals surface area contributed by atoms with Crippen LogP contribution < -0.4 is 5.32 Å². The molecular weight excluding hydrogens is 221 g/mol. The Balaban J connectivity index is 2.31. The lowest BCUT2D eigenvalue weighted by Crippen LogP contribution is -2.35. The average molecular weight is 230 g/mol. The molecule has 2 rings (SSSR count). The van der Waals surface area contributed by atoms with E-state index in [4.69, 9.17) is 0 Å². The quantitative estimate of drug-likeness (QED) is 0.781. The topological polar surface area (TPSA) is 12.0 Å². The first-order valence-corrected chi connectivity index (χ1v) is 4.75. The monoisotopic (exact) mass is 229 g/mol. The zero-order valence-electron chi connectivity index (χ0n) is 6.48. The molecule has 1 heterocycles. The molecule has 64 valence electrons. The average Bonchev–Trinajstić information content (AvgIpc) is 1.91. The maximum atomic E-state index is 13.3. The van der Waals surface area contributed by atoms with Gasteiger partial charge in [-0.2, -0.15) is 0 Å². The van der Waals surface area contributed by atoms with Crippen LogP contribution in [0.15, 0.2) is 22.7 Å². The third-order valence-electron chi connectivity index (χ3n) is 2.16. The molecule has 1 atom stereocenters. The van der Waals surface area contributed by atoms with Crippen LogP contribution in [0.2, 0.25) is 0 Å². The van der Waals surface area contributed by atoms with E-state index in [0.29, 0.717) is 0 Å². The zero-order chi connectivity index (χ0) is 8.55. The Morgan fingerprint density at radius 1 is 1.50 bits per heavy atom. The Kier molecular flexibility index (Phi) is 2.15. The van der Waals surface area contributed by atoms with Gasteiger partial charge < -0.3 is 5.32 Å². The van der Waals surface area contributed by atoms with Crippen LogP contribution in [-0.2, 0) is 0 Å². The van der Waals surface area contributed by atoms with Crippen LogP contribution in [0.1, 0.15) is 18.0 Å². The molecule has 1 N–H and O–H groups in total. The van der Waals surface area contributed by atoms with Crippen molar-refractivity contribution in [2.45, 2.75) is 12.5 Å². The molecule has 1 fully saturated rings. The maximum Gasteiger partial charge on any atom is 0.129 e. The Morgan fingerprint density at radius 3 is 2.75 bits per heavy atom. The molecular formula is C9H9BrFN. The Labute approximate surface area is 79.1 Å². The molecule has 0 saturated carbocycles. The first kappa shape index (κ1) is 8.20. The van der Waals surface area contributed by atoms with Crippen LogP contribution in [0.4, 0.5) is 4.39 Å². The molecule has 1 aromatic carbocycles. The van der Waals surface area contributed by atoms with Crippen molar-refractivity contribution in [3.63, 3.8) is 0 Å². The van der Waals surface area contributed by atoms with Gasteiger partial charge in [-0.1, -0.05) is 22.0 Å². The molecule has 1 nitrogen and oxygen atoms in total. The van der Waals surface area contributed by atoms with E-state index in [1.54, 1.807) is 0 Å². The standard InChI is InChI=1S/C9H9BrFN/c10-6-1-2-7(8(11)5-6)9-3-4-12-9/h1-2,5,9,12H,3-4H2/t9-/m0/s1. The van der Waals surface area contributed by atoms with E-state index in [9.17, 15) is 4.39 Å². The highest BCUT2D eigenvalue weighted by atomic mass is 79.9. The van der Waals surface area contributed by atoms with Gasteiger partial charge in [0.25, 0.3) is 0 Å². The van der Waals surface area contributed by atoms with Crippen LogP contribution in [0, 0.1) is 5.82 Å². The van der Waals surface area contributed by atoms with Gasteiger partial charge >= 0.3 is 0 Å². The largest absolute Gasteiger partial charge is 0.310 e.